The van der Waals surface area contributed by atoms with E-state index in [0.29, 0.717) is 13.0 Å². The quantitative estimate of drug-likeness (QED) is 0.693. The zero-order valence-electron chi connectivity index (χ0n) is 11.0. The van der Waals surface area contributed by atoms with Gasteiger partial charge in [0.2, 0.25) is 0 Å². The second-order valence-electron chi connectivity index (χ2n) is 4.25. The number of carbonyl (C=O) groups is 1. The monoisotopic (exact) mass is 251 g/mol. The van der Waals surface area contributed by atoms with E-state index in [1.807, 2.05) is 31.2 Å². The van der Waals surface area contributed by atoms with Crippen LogP contribution in [0.5, 0.6) is 5.75 Å². The van der Waals surface area contributed by atoms with Gasteiger partial charge in [-0.15, -0.1) is 0 Å². The van der Waals surface area contributed by atoms with Crippen molar-refractivity contribution in [2.45, 2.75) is 19.8 Å². The highest BCUT2D eigenvalue weighted by Crippen LogP contribution is 2.12. The van der Waals surface area contributed by atoms with Crippen molar-refractivity contribution in [2.24, 2.45) is 5.92 Å². The van der Waals surface area contributed by atoms with E-state index >= 15 is 0 Å². The summed E-state index contributed by atoms with van der Waals surface area (Å²) in [5.41, 5.74) is 1.19. The summed E-state index contributed by atoms with van der Waals surface area (Å²) in [7, 11) is 1.65. The molecule has 2 N–H and O–H groups in total. The van der Waals surface area contributed by atoms with Crippen LogP contribution in [0.25, 0.3) is 0 Å². The fraction of sp³-hybridized carbons (Fsp3) is 0.500. The fourth-order valence-electron chi connectivity index (χ4n) is 1.74. The zero-order chi connectivity index (χ0) is 13.4. The fourth-order valence-corrected chi connectivity index (χ4v) is 1.74. The molecule has 0 spiro atoms. The summed E-state index contributed by atoms with van der Waals surface area (Å²) >= 11 is 0. The Hall–Kier alpha value is -1.55. The molecule has 0 heterocycles. The topological polar surface area (TPSA) is 58.6 Å². The standard InChI is InChI=1S/C14H21NO3/c1-3-12(14(16)17)10-15-8-7-11-5-4-6-13(9-11)18-2/h4-6,9,12,15H,3,7-8,10H2,1-2H3,(H,16,17). The molecule has 0 saturated carbocycles. The lowest BCUT2D eigenvalue weighted by Crippen LogP contribution is -2.29. The van der Waals surface area contributed by atoms with Crippen molar-refractivity contribution in [3.8, 4) is 5.75 Å². The molecule has 0 aliphatic rings. The van der Waals surface area contributed by atoms with Crippen molar-refractivity contribution in [1.29, 1.82) is 0 Å². The first-order valence-electron chi connectivity index (χ1n) is 6.23. The zero-order valence-corrected chi connectivity index (χ0v) is 11.0. The molecule has 0 fully saturated rings. The van der Waals surface area contributed by atoms with Gasteiger partial charge in [0.05, 0.1) is 13.0 Å². The SMILES string of the molecule is CCC(CNCCc1cccc(OC)c1)C(=O)O. The molecule has 0 aliphatic heterocycles. The van der Waals surface area contributed by atoms with E-state index in [4.69, 9.17) is 9.84 Å². The lowest BCUT2D eigenvalue weighted by atomic mass is 10.1. The van der Waals surface area contributed by atoms with Gasteiger partial charge in [-0.3, -0.25) is 4.79 Å². The Kier molecular flexibility index (Phi) is 6.22. The molecule has 0 radical (unpaired) electrons. The number of hydrogen-bond acceptors (Lipinski definition) is 3. The van der Waals surface area contributed by atoms with Gasteiger partial charge in [0.15, 0.2) is 0 Å². The number of nitrogens with one attached hydrogen (secondary N) is 1. The Bertz CT molecular complexity index is 379. The van der Waals surface area contributed by atoms with Crippen molar-refractivity contribution in [3.05, 3.63) is 29.8 Å². The minimum Gasteiger partial charge on any atom is -0.497 e. The third kappa shape index (κ3) is 4.75. The Morgan fingerprint density at radius 3 is 2.89 bits per heavy atom. The van der Waals surface area contributed by atoms with Crippen LogP contribution in [0.1, 0.15) is 18.9 Å². The highest BCUT2D eigenvalue weighted by atomic mass is 16.5. The summed E-state index contributed by atoms with van der Waals surface area (Å²) in [5.74, 6) is -0.175. The van der Waals surface area contributed by atoms with E-state index in [0.717, 1.165) is 18.7 Å². The summed E-state index contributed by atoms with van der Waals surface area (Å²) in [5, 5.41) is 12.1. The van der Waals surface area contributed by atoms with Crippen molar-refractivity contribution in [2.75, 3.05) is 20.2 Å². The van der Waals surface area contributed by atoms with Crippen LogP contribution < -0.4 is 10.1 Å². The number of carboxylic acid groups (broad SMARTS) is 1. The lowest BCUT2D eigenvalue weighted by molar-refractivity contribution is -0.141. The van der Waals surface area contributed by atoms with E-state index < -0.39 is 5.97 Å². The van der Waals surface area contributed by atoms with Crippen molar-refractivity contribution in [1.82, 2.24) is 5.32 Å². The molecule has 1 atom stereocenters. The van der Waals surface area contributed by atoms with Crippen LogP contribution in [-0.2, 0) is 11.2 Å². The second kappa shape index (κ2) is 7.71. The van der Waals surface area contributed by atoms with Crippen molar-refractivity contribution in [3.63, 3.8) is 0 Å². The molecule has 0 aliphatic carbocycles. The number of rotatable bonds is 8. The predicted octanol–water partition coefficient (Wildman–Crippen LogP) is 1.94. The highest BCUT2D eigenvalue weighted by molar-refractivity contribution is 5.70. The summed E-state index contributed by atoms with van der Waals surface area (Å²) in [4.78, 5) is 10.8. The maximum Gasteiger partial charge on any atom is 0.307 e. The Morgan fingerprint density at radius 1 is 1.50 bits per heavy atom. The first-order chi connectivity index (χ1) is 8.67. The number of hydrogen-bond donors (Lipinski definition) is 2. The van der Waals surface area contributed by atoms with Gasteiger partial charge in [0.1, 0.15) is 5.75 Å². The van der Waals surface area contributed by atoms with Gasteiger partial charge in [-0.1, -0.05) is 19.1 Å². The summed E-state index contributed by atoms with van der Waals surface area (Å²) in [6.07, 6.45) is 1.52. The van der Waals surface area contributed by atoms with Crippen molar-refractivity contribution >= 4 is 5.97 Å². The molecular formula is C14H21NO3. The van der Waals surface area contributed by atoms with Gasteiger partial charge >= 0.3 is 5.97 Å². The number of aliphatic carboxylic acids is 1. The Labute approximate surface area is 108 Å². The number of benzene rings is 1. The Balaban J connectivity index is 2.30. The van der Waals surface area contributed by atoms with Crippen LogP contribution in [0.2, 0.25) is 0 Å². The van der Waals surface area contributed by atoms with Crippen LogP contribution in [0.3, 0.4) is 0 Å². The minimum absolute atomic E-state index is 0.296. The maximum absolute atomic E-state index is 10.8. The molecule has 0 aromatic heterocycles. The van der Waals surface area contributed by atoms with Crippen LogP contribution in [0.4, 0.5) is 0 Å². The molecule has 18 heavy (non-hydrogen) atoms. The largest absolute Gasteiger partial charge is 0.497 e. The van der Waals surface area contributed by atoms with E-state index in [-0.39, 0.29) is 5.92 Å². The van der Waals surface area contributed by atoms with Crippen LogP contribution in [0.15, 0.2) is 24.3 Å². The second-order valence-corrected chi connectivity index (χ2v) is 4.25. The van der Waals surface area contributed by atoms with Gasteiger partial charge in [-0.2, -0.15) is 0 Å². The van der Waals surface area contributed by atoms with Gasteiger partial charge in [0.25, 0.3) is 0 Å². The predicted molar refractivity (Wildman–Crippen MR) is 71.0 cm³/mol. The van der Waals surface area contributed by atoms with E-state index in [2.05, 4.69) is 5.32 Å². The molecule has 100 valence electrons. The number of carboxylic acids is 1. The molecule has 1 aromatic carbocycles. The van der Waals surface area contributed by atoms with Gasteiger partial charge in [-0.05, 0) is 37.1 Å². The lowest BCUT2D eigenvalue weighted by Gasteiger charge is -2.11. The molecule has 1 rings (SSSR count). The highest BCUT2D eigenvalue weighted by Gasteiger charge is 2.13. The van der Waals surface area contributed by atoms with E-state index in [1.165, 1.54) is 5.56 Å². The minimum atomic E-state index is -0.730. The molecule has 1 unspecified atom stereocenters. The summed E-state index contributed by atoms with van der Waals surface area (Å²) in [6.45, 7) is 3.19. The maximum atomic E-state index is 10.8. The molecule has 0 amide bonds. The molecule has 0 bridgehead atoms. The van der Waals surface area contributed by atoms with E-state index in [9.17, 15) is 4.79 Å². The smallest absolute Gasteiger partial charge is 0.307 e. The summed E-state index contributed by atoms with van der Waals surface area (Å²) < 4.78 is 5.15. The van der Waals surface area contributed by atoms with E-state index in [1.54, 1.807) is 7.11 Å². The van der Waals surface area contributed by atoms with Crippen molar-refractivity contribution < 1.29 is 14.6 Å². The molecule has 4 nitrogen and oxygen atoms in total. The van der Waals surface area contributed by atoms with Gasteiger partial charge in [0, 0.05) is 6.54 Å². The Morgan fingerprint density at radius 2 is 2.28 bits per heavy atom. The normalized spacial score (nSPS) is 12.1. The van der Waals surface area contributed by atoms with Crippen LogP contribution in [-0.4, -0.2) is 31.3 Å². The third-order valence-electron chi connectivity index (χ3n) is 2.96. The third-order valence-corrected chi connectivity index (χ3v) is 2.96. The molecule has 4 heteroatoms. The van der Waals surface area contributed by atoms with Crippen LogP contribution in [0, 0.1) is 5.92 Å². The number of methoxy groups -OCH3 is 1. The average Bonchev–Trinajstić information content (AvgIpc) is 2.38. The summed E-state index contributed by atoms with van der Waals surface area (Å²) in [6, 6.07) is 7.91. The molecule has 1 aromatic rings. The van der Waals surface area contributed by atoms with Crippen LogP contribution >= 0.6 is 0 Å². The van der Waals surface area contributed by atoms with Gasteiger partial charge < -0.3 is 15.2 Å². The van der Waals surface area contributed by atoms with Gasteiger partial charge in [-0.25, -0.2) is 0 Å². The average molecular weight is 251 g/mol. The first-order valence-corrected chi connectivity index (χ1v) is 6.23. The first kappa shape index (κ1) is 14.5. The molecular weight excluding hydrogens is 230 g/mol. The number of ether oxygens (including phenoxy) is 1. The molecule has 0 saturated heterocycles.